The summed E-state index contributed by atoms with van der Waals surface area (Å²) in [6, 6.07) is 10.3. The number of nitrogens with zero attached hydrogens (tertiary/aromatic N) is 3. The van der Waals surface area contributed by atoms with Crippen LogP contribution in [0, 0.1) is 36.0 Å². The zero-order valence-corrected chi connectivity index (χ0v) is 17.4. The Morgan fingerprint density at radius 1 is 0.971 bits per heavy atom. The van der Waals surface area contributed by atoms with Gasteiger partial charge in [-0.05, 0) is 24.6 Å². The number of hydrogen-bond donors (Lipinski definition) is 1. The molecule has 1 amide bonds. The molecule has 34 heavy (non-hydrogen) atoms. The van der Waals surface area contributed by atoms with Crippen LogP contribution in [0.3, 0.4) is 0 Å². The first-order valence-electron chi connectivity index (χ1n) is 9.72. The topological polar surface area (TPSA) is 82.2 Å². The maximum Gasteiger partial charge on any atom is 0.293 e. The predicted molar refractivity (Wildman–Crippen MR) is 108 cm³/mol. The monoisotopic (exact) mass is 478 g/mol. The average Bonchev–Trinajstić information content (AvgIpc) is 3.47. The number of anilines is 1. The smallest absolute Gasteiger partial charge is 0.293 e. The van der Waals surface area contributed by atoms with Crippen LogP contribution in [0.15, 0.2) is 47.1 Å². The van der Waals surface area contributed by atoms with Gasteiger partial charge in [0, 0.05) is 0 Å². The minimum Gasteiger partial charge on any atom is -0.479 e. The molecular weight excluding hydrogens is 463 g/mol. The fourth-order valence-electron chi connectivity index (χ4n) is 2.90. The lowest BCUT2D eigenvalue weighted by Gasteiger charge is -2.09. The molecule has 0 unspecified atom stereocenters. The van der Waals surface area contributed by atoms with E-state index in [-0.39, 0.29) is 17.5 Å². The van der Waals surface area contributed by atoms with E-state index in [0.717, 1.165) is 11.1 Å². The molecule has 2 aromatic heterocycles. The van der Waals surface area contributed by atoms with Gasteiger partial charge in [-0.1, -0.05) is 29.8 Å². The summed E-state index contributed by atoms with van der Waals surface area (Å²) in [5.41, 5.74) is 2.10. The van der Waals surface area contributed by atoms with Crippen molar-refractivity contribution in [2.75, 3.05) is 5.32 Å². The van der Waals surface area contributed by atoms with Crippen molar-refractivity contribution in [2.45, 2.75) is 20.1 Å². The second-order valence-corrected chi connectivity index (χ2v) is 7.16. The maximum absolute atomic E-state index is 13.7. The van der Waals surface area contributed by atoms with Gasteiger partial charge in [0.25, 0.3) is 5.91 Å². The summed E-state index contributed by atoms with van der Waals surface area (Å²) in [7, 11) is 0. The normalized spacial score (nSPS) is 11.0. The molecule has 2 heterocycles. The number of carbonyl (C=O) groups is 1. The van der Waals surface area contributed by atoms with Gasteiger partial charge in [0.15, 0.2) is 11.5 Å². The third kappa shape index (κ3) is 4.75. The number of benzene rings is 2. The van der Waals surface area contributed by atoms with Crippen molar-refractivity contribution in [1.29, 1.82) is 0 Å². The Morgan fingerprint density at radius 3 is 2.29 bits per heavy atom. The Kier molecular flexibility index (Phi) is 6.30. The first-order chi connectivity index (χ1) is 16.2. The Morgan fingerprint density at radius 2 is 1.62 bits per heavy atom. The minimum absolute atomic E-state index is 0.00714. The molecule has 0 aliphatic rings. The van der Waals surface area contributed by atoms with Crippen LogP contribution >= 0.6 is 0 Å². The summed E-state index contributed by atoms with van der Waals surface area (Å²) in [6.07, 6.45) is 1.43. The molecule has 0 saturated carbocycles. The molecule has 2 aromatic carbocycles. The maximum atomic E-state index is 13.7. The van der Waals surface area contributed by atoms with Crippen molar-refractivity contribution < 1.29 is 35.9 Å². The summed E-state index contributed by atoms with van der Waals surface area (Å²) in [5, 5.41) is 6.56. The lowest BCUT2D eigenvalue weighted by atomic mass is 10.1. The Balaban J connectivity index is 1.38. The van der Waals surface area contributed by atoms with Gasteiger partial charge in [0.2, 0.25) is 35.0 Å². The van der Waals surface area contributed by atoms with Crippen molar-refractivity contribution in [1.82, 2.24) is 14.8 Å². The van der Waals surface area contributed by atoms with Crippen molar-refractivity contribution >= 4 is 11.9 Å². The largest absolute Gasteiger partial charge is 0.479 e. The van der Waals surface area contributed by atoms with Crippen molar-refractivity contribution in [3.8, 4) is 5.75 Å². The molecule has 176 valence electrons. The third-order valence-electron chi connectivity index (χ3n) is 4.64. The Hall–Kier alpha value is -4.22. The number of amides is 1. The zero-order chi connectivity index (χ0) is 24.4. The quantitative estimate of drug-likeness (QED) is 0.236. The zero-order valence-electron chi connectivity index (χ0n) is 17.4. The highest BCUT2D eigenvalue weighted by molar-refractivity contribution is 6.01. The van der Waals surface area contributed by atoms with Crippen LogP contribution in [0.1, 0.15) is 27.4 Å². The van der Waals surface area contributed by atoms with E-state index >= 15 is 0 Å². The molecule has 0 saturated heterocycles. The molecule has 0 bridgehead atoms. The van der Waals surface area contributed by atoms with Crippen LogP contribution < -0.4 is 10.1 Å². The number of aryl methyl sites for hydroxylation is 1. The second kappa shape index (κ2) is 9.33. The van der Waals surface area contributed by atoms with E-state index in [1.54, 1.807) is 0 Å². The van der Waals surface area contributed by atoms with Gasteiger partial charge in [-0.15, -0.1) is 5.10 Å². The standard InChI is InChI=1S/C22H15F5N4O3/c1-11-2-4-12(5-3-11)8-31-10-28-22(30-31)29-21(32)14-7-6-13(34-14)9-33-20-18(26)16(24)15(23)17(25)19(20)27/h2-7,10H,8-9H2,1H3,(H,29,30,32). The highest BCUT2D eigenvalue weighted by Gasteiger charge is 2.27. The van der Waals surface area contributed by atoms with Gasteiger partial charge in [0.1, 0.15) is 18.7 Å². The molecule has 0 aliphatic heterocycles. The molecular formula is C22H15F5N4O3. The summed E-state index contributed by atoms with van der Waals surface area (Å²) < 4.78 is 78.4. The highest BCUT2D eigenvalue weighted by atomic mass is 19.2. The van der Waals surface area contributed by atoms with Crippen molar-refractivity contribution in [3.63, 3.8) is 0 Å². The van der Waals surface area contributed by atoms with E-state index in [9.17, 15) is 26.7 Å². The van der Waals surface area contributed by atoms with Crippen molar-refractivity contribution in [3.05, 3.63) is 94.5 Å². The van der Waals surface area contributed by atoms with Crippen LogP contribution in [0.4, 0.5) is 27.9 Å². The Labute approximate surface area is 188 Å². The molecule has 4 aromatic rings. The number of nitrogens with one attached hydrogen (secondary N) is 1. The van der Waals surface area contributed by atoms with Gasteiger partial charge in [-0.2, -0.15) is 8.78 Å². The molecule has 0 fully saturated rings. The number of carbonyl (C=O) groups excluding carboxylic acids is 1. The first-order valence-corrected chi connectivity index (χ1v) is 9.72. The number of rotatable bonds is 7. The van der Waals surface area contributed by atoms with Gasteiger partial charge < -0.3 is 9.15 Å². The van der Waals surface area contributed by atoms with E-state index in [2.05, 4.69) is 15.4 Å². The summed E-state index contributed by atoms with van der Waals surface area (Å²) in [4.78, 5) is 16.3. The summed E-state index contributed by atoms with van der Waals surface area (Å²) >= 11 is 0. The van der Waals surface area contributed by atoms with Crippen LogP contribution in [0.5, 0.6) is 5.75 Å². The molecule has 7 nitrogen and oxygen atoms in total. The highest BCUT2D eigenvalue weighted by Crippen LogP contribution is 2.29. The fourth-order valence-corrected chi connectivity index (χ4v) is 2.90. The summed E-state index contributed by atoms with van der Waals surface area (Å²) in [5.74, 6) is -13.3. The van der Waals surface area contributed by atoms with Crippen LogP contribution in [-0.2, 0) is 13.2 Å². The van der Waals surface area contributed by atoms with Gasteiger partial charge in [-0.25, -0.2) is 22.8 Å². The van der Waals surface area contributed by atoms with Crippen LogP contribution in [-0.4, -0.2) is 20.7 Å². The number of hydrogen-bond acceptors (Lipinski definition) is 5. The fraction of sp³-hybridized carbons (Fsp3) is 0.136. The van der Waals surface area contributed by atoms with Gasteiger partial charge in [-0.3, -0.25) is 10.1 Å². The lowest BCUT2D eigenvalue weighted by Crippen LogP contribution is -2.12. The number of furan rings is 1. The number of ether oxygens (including phenoxy) is 1. The van der Waals surface area contributed by atoms with E-state index in [4.69, 9.17) is 9.15 Å². The van der Waals surface area contributed by atoms with Crippen molar-refractivity contribution in [2.24, 2.45) is 0 Å². The van der Waals surface area contributed by atoms with Crippen LogP contribution in [0.25, 0.3) is 0 Å². The van der Waals surface area contributed by atoms with Crippen LogP contribution in [0.2, 0.25) is 0 Å². The van der Waals surface area contributed by atoms with E-state index in [1.807, 2.05) is 31.2 Å². The average molecular weight is 478 g/mol. The molecule has 0 atom stereocenters. The minimum atomic E-state index is -2.30. The molecule has 0 spiro atoms. The summed E-state index contributed by atoms with van der Waals surface area (Å²) in [6.45, 7) is 1.70. The van der Waals surface area contributed by atoms with E-state index < -0.39 is 47.3 Å². The molecule has 0 radical (unpaired) electrons. The predicted octanol–water partition coefficient (Wildman–Crippen LogP) is 4.75. The first kappa shape index (κ1) is 23.0. The Bertz CT molecular complexity index is 1320. The molecule has 4 rings (SSSR count). The van der Waals surface area contributed by atoms with E-state index in [0.29, 0.717) is 6.54 Å². The SMILES string of the molecule is Cc1ccc(Cn2cnc(NC(=O)c3ccc(COc4c(F)c(F)c(F)c(F)c4F)o3)n2)cc1. The van der Waals surface area contributed by atoms with Gasteiger partial charge >= 0.3 is 0 Å². The van der Waals surface area contributed by atoms with Gasteiger partial charge in [0.05, 0.1) is 6.54 Å². The van der Waals surface area contributed by atoms with E-state index in [1.165, 1.54) is 23.1 Å². The molecule has 1 N–H and O–H groups in total. The number of aromatic nitrogens is 3. The third-order valence-corrected chi connectivity index (χ3v) is 4.64. The lowest BCUT2D eigenvalue weighted by molar-refractivity contribution is 0.0991. The number of halogens is 5. The molecule has 12 heteroatoms. The molecule has 0 aliphatic carbocycles. The second-order valence-electron chi connectivity index (χ2n) is 7.16.